The van der Waals surface area contributed by atoms with Crippen LogP contribution in [0.4, 0.5) is 5.69 Å². The molecule has 5 nitrogen and oxygen atoms in total. The Kier molecular flexibility index (Phi) is 4.89. The number of nitrogens with zero attached hydrogens (tertiary/aromatic N) is 1. The molecule has 7 heteroatoms. The Morgan fingerprint density at radius 3 is 2.48 bits per heavy atom. The molecule has 0 radical (unpaired) electrons. The molecule has 23 heavy (non-hydrogen) atoms. The van der Waals surface area contributed by atoms with E-state index in [1.165, 1.54) is 10.5 Å². The topological polar surface area (TPSA) is 53.9 Å². The Morgan fingerprint density at radius 1 is 1.26 bits per heavy atom. The van der Waals surface area contributed by atoms with E-state index in [4.69, 9.17) is 12.2 Å². The van der Waals surface area contributed by atoms with Crippen LogP contribution in [0, 0.1) is 6.92 Å². The lowest BCUT2D eigenvalue weighted by molar-refractivity contribution is -0.925. The number of hydrogen-bond donors (Lipinski definition) is 2. The smallest absolute Gasteiger partial charge is 0.173 e. The Morgan fingerprint density at radius 2 is 1.91 bits per heavy atom. The number of anilines is 1. The zero-order chi connectivity index (χ0) is 16.4. The molecule has 0 aliphatic carbocycles. The molecule has 1 atom stereocenters. The summed E-state index contributed by atoms with van der Waals surface area (Å²) in [6.07, 6.45) is 0.809. The van der Waals surface area contributed by atoms with E-state index in [0.29, 0.717) is 11.5 Å². The highest BCUT2D eigenvalue weighted by Gasteiger charge is 2.37. The van der Waals surface area contributed by atoms with E-state index in [1.54, 1.807) is 0 Å². The Balaban J connectivity index is 1.50. The van der Waals surface area contributed by atoms with E-state index in [1.807, 2.05) is 12.1 Å². The van der Waals surface area contributed by atoms with Crippen molar-refractivity contribution in [2.24, 2.45) is 0 Å². The van der Waals surface area contributed by atoms with Crippen LogP contribution in [0.1, 0.15) is 12.0 Å². The second kappa shape index (κ2) is 6.75. The summed E-state index contributed by atoms with van der Waals surface area (Å²) in [6.45, 7) is 5.73. The van der Waals surface area contributed by atoms with Crippen LogP contribution in [0.3, 0.4) is 0 Å². The van der Waals surface area contributed by atoms with Crippen molar-refractivity contribution in [1.29, 1.82) is 0 Å². The highest BCUT2D eigenvalue weighted by atomic mass is 32.2. The molecule has 2 N–H and O–H groups in total. The maximum Gasteiger partial charge on any atom is 0.173 e. The van der Waals surface area contributed by atoms with Gasteiger partial charge in [0, 0.05) is 12.1 Å². The van der Waals surface area contributed by atoms with Crippen molar-refractivity contribution in [2.45, 2.75) is 19.4 Å². The number of nitrogens with one attached hydrogen (secondary N) is 2. The normalized spacial score (nSPS) is 24.6. The standard InChI is InChI=1S/C16H23N3O2S2/c1-13-2-4-14(5-3-13)17-16(22)19-9-7-18(8-10-19)15-6-11-23(20,21)12-15/h2-5,15H,6-12H2,1H3,(H,17,22)/p+1/t15-/m1/s1. The number of benzene rings is 1. The second-order valence-corrected chi connectivity index (χ2v) is 9.16. The van der Waals surface area contributed by atoms with Gasteiger partial charge in [-0.05, 0) is 31.3 Å². The summed E-state index contributed by atoms with van der Waals surface area (Å²) in [4.78, 5) is 3.60. The fourth-order valence-electron chi connectivity index (χ4n) is 3.36. The lowest BCUT2D eigenvalue weighted by Gasteiger charge is -2.36. The van der Waals surface area contributed by atoms with E-state index >= 15 is 0 Å². The average molecular weight is 355 g/mol. The molecule has 0 amide bonds. The fraction of sp³-hybridized carbons (Fsp3) is 0.562. The van der Waals surface area contributed by atoms with E-state index in [2.05, 4.69) is 29.3 Å². The molecule has 126 valence electrons. The molecular weight excluding hydrogens is 330 g/mol. The van der Waals surface area contributed by atoms with Crippen LogP contribution in [-0.4, -0.2) is 62.2 Å². The number of hydrogen-bond acceptors (Lipinski definition) is 3. The van der Waals surface area contributed by atoms with Crippen LogP contribution in [0.5, 0.6) is 0 Å². The number of aryl methyl sites for hydroxylation is 1. The molecule has 0 saturated carbocycles. The molecule has 3 rings (SSSR count). The van der Waals surface area contributed by atoms with Crippen LogP contribution in [-0.2, 0) is 9.84 Å². The maximum atomic E-state index is 11.6. The highest BCUT2D eigenvalue weighted by Crippen LogP contribution is 2.11. The van der Waals surface area contributed by atoms with Crippen molar-refractivity contribution >= 4 is 32.9 Å². The zero-order valence-corrected chi connectivity index (χ0v) is 15.0. The summed E-state index contributed by atoms with van der Waals surface area (Å²) in [5, 5.41) is 4.04. The molecule has 0 aromatic heterocycles. The van der Waals surface area contributed by atoms with Crippen LogP contribution < -0.4 is 10.2 Å². The Labute approximate surface area is 143 Å². The first-order chi connectivity index (χ1) is 10.9. The monoisotopic (exact) mass is 354 g/mol. The molecule has 1 aromatic rings. The number of sulfone groups is 1. The number of rotatable bonds is 2. The minimum atomic E-state index is -2.79. The van der Waals surface area contributed by atoms with Crippen molar-refractivity contribution < 1.29 is 13.3 Å². The quantitative estimate of drug-likeness (QED) is 0.737. The summed E-state index contributed by atoms with van der Waals surface area (Å²) < 4.78 is 23.3. The van der Waals surface area contributed by atoms with Crippen molar-refractivity contribution in [3.63, 3.8) is 0 Å². The van der Waals surface area contributed by atoms with Gasteiger partial charge in [-0.3, -0.25) is 0 Å². The minimum absolute atomic E-state index is 0.278. The van der Waals surface area contributed by atoms with Gasteiger partial charge in [0.2, 0.25) is 0 Å². The van der Waals surface area contributed by atoms with Crippen LogP contribution in [0.15, 0.2) is 24.3 Å². The SMILES string of the molecule is Cc1ccc(NC(=S)N2CC[NH+]([C@@H]3CCS(=O)(=O)C3)CC2)cc1. The predicted octanol–water partition coefficient (Wildman–Crippen LogP) is 0.0794. The van der Waals surface area contributed by atoms with Gasteiger partial charge in [0.25, 0.3) is 0 Å². The van der Waals surface area contributed by atoms with Crippen molar-refractivity contribution in [3.05, 3.63) is 29.8 Å². The predicted molar refractivity (Wildman–Crippen MR) is 96.7 cm³/mol. The van der Waals surface area contributed by atoms with Gasteiger partial charge < -0.3 is 15.1 Å². The largest absolute Gasteiger partial charge is 0.338 e. The average Bonchev–Trinajstić information content (AvgIpc) is 2.90. The van der Waals surface area contributed by atoms with Crippen molar-refractivity contribution in [3.8, 4) is 0 Å². The van der Waals surface area contributed by atoms with Crippen LogP contribution in [0.25, 0.3) is 0 Å². The van der Waals surface area contributed by atoms with Gasteiger partial charge in [-0.2, -0.15) is 0 Å². The Hall–Kier alpha value is -1.18. The van der Waals surface area contributed by atoms with Gasteiger partial charge in [0.15, 0.2) is 14.9 Å². The first kappa shape index (κ1) is 16.7. The van der Waals surface area contributed by atoms with Gasteiger partial charge in [0.05, 0.1) is 31.9 Å². The minimum Gasteiger partial charge on any atom is -0.338 e. The molecule has 2 fully saturated rings. The number of piperazine rings is 1. The molecule has 0 bridgehead atoms. The van der Waals surface area contributed by atoms with E-state index in [9.17, 15) is 8.42 Å². The van der Waals surface area contributed by atoms with Gasteiger partial charge in [-0.1, -0.05) is 17.7 Å². The molecule has 2 aliphatic heterocycles. The fourth-order valence-corrected chi connectivity index (χ4v) is 5.49. The third-order valence-electron chi connectivity index (χ3n) is 4.81. The van der Waals surface area contributed by atoms with Crippen molar-refractivity contribution in [1.82, 2.24) is 4.90 Å². The summed E-state index contributed by atoms with van der Waals surface area (Å²) in [5.41, 5.74) is 2.24. The second-order valence-electron chi connectivity index (χ2n) is 6.54. The van der Waals surface area contributed by atoms with Crippen molar-refractivity contribution in [2.75, 3.05) is 43.0 Å². The highest BCUT2D eigenvalue weighted by molar-refractivity contribution is 7.91. The summed E-state index contributed by atoms with van der Waals surface area (Å²) in [6, 6.07) is 8.47. The van der Waals surface area contributed by atoms with Gasteiger partial charge in [0.1, 0.15) is 11.8 Å². The molecule has 2 heterocycles. The van der Waals surface area contributed by atoms with E-state index in [-0.39, 0.29) is 6.04 Å². The van der Waals surface area contributed by atoms with Gasteiger partial charge in [-0.25, -0.2) is 8.42 Å². The zero-order valence-electron chi connectivity index (χ0n) is 13.4. The lowest BCUT2D eigenvalue weighted by Crippen LogP contribution is -3.18. The summed E-state index contributed by atoms with van der Waals surface area (Å²) in [7, 11) is -2.79. The third kappa shape index (κ3) is 4.22. The maximum absolute atomic E-state index is 11.6. The van der Waals surface area contributed by atoms with E-state index < -0.39 is 9.84 Å². The first-order valence-corrected chi connectivity index (χ1v) is 10.3. The third-order valence-corrected chi connectivity index (χ3v) is 6.93. The van der Waals surface area contributed by atoms with Crippen LogP contribution in [0.2, 0.25) is 0 Å². The van der Waals surface area contributed by atoms with Gasteiger partial charge in [-0.15, -0.1) is 0 Å². The van der Waals surface area contributed by atoms with E-state index in [0.717, 1.165) is 43.4 Å². The number of thiocarbonyl (C=S) groups is 1. The molecule has 0 unspecified atom stereocenters. The number of quaternary nitrogens is 1. The molecule has 2 aliphatic rings. The van der Waals surface area contributed by atoms with Crippen LogP contribution >= 0.6 is 12.2 Å². The summed E-state index contributed by atoms with van der Waals surface area (Å²) in [5.74, 6) is 0.715. The summed E-state index contributed by atoms with van der Waals surface area (Å²) >= 11 is 5.51. The Bertz CT molecular complexity index is 665. The molecular formula is C16H24N3O2S2+. The molecule has 2 saturated heterocycles. The van der Waals surface area contributed by atoms with Gasteiger partial charge >= 0.3 is 0 Å². The molecule has 1 aromatic carbocycles. The first-order valence-electron chi connectivity index (χ1n) is 8.10. The lowest BCUT2D eigenvalue weighted by atomic mass is 10.2. The molecule has 0 spiro atoms.